The Kier molecular flexibility index (Phi) is 4.25. The van der Waals surface area contributed by atoms with Crippen molar-refractivity contribution >= 4 is 32.7 Å². The van der Waals surface area contributed by atoms with Crippen molar-refractivity contribution in [2.75, 3.05) is 12.4 Å². The Morgan fingerprint density at radius 3 is 2.65 bits per heavy atom. The molecule has 3 rings (SSSR count). The lowest BCUT2D eigenvalue weighted by Crippen LogP contribution is -2.14. The van der Waals surface area contributed by atoms with Crippen molar-refractivity contribution in [1.29, 1.82) is 0 Å². The molecule has 0 aliphatic rings. The highest BCUT2D eigenvalue weighted by Crippen LogP contribution is 2.28. The molecule has 2 aromatic heterocycles. The van der Waals surface area contributed by atoms with Gasteiger partial charge in [0.2, 0.25) is 5.91 Å². The molecule has 5 nitrogen and oxygen atoms in total. The Morgan fingerprint density at radius 2 is 1.96 bits per heavy atom. The van der Waals surface area contributed by atoms with Crippen molar-refractivity contribution in [3.8, 4) is 5.75 Å². The molecular weight excluding hydrogens is 310 g/mol. The number of anilines is 1. The highest BCUT2D eigenvalue weighted by molar-refractivity contribution is 7.22. The maximum atomic E-state index is 12.2. The lowest BCUT2D eigenvalue weighted by atomic mass is 10.1. The molecule has 1 N–H and O–H groups in total. The average molecular weight is 327 g/mol. The first-order valence-corrected chi connectivity index (χ1v) is 8.04. The summed E-state index contributed by atoms with van der Waals surface area (Å²) in [5.74, 6) is 0.681. The number of pyridine rings is 1. The summed E-state index contributed by atoms with van der Waals surface area (Å²) in [6, 6.07) is 9.47. The summed E-state index contributed by atoms with van der Waals surface area (Å²) in [5.41, 5.74) is 3.67. The summed E-state index contributed by atoms with van der Waals surface area (Å²) in [4.78, 5) is 21.0. The molecule has 0 aliphatic heterocycles. The Morgan fingerprint density at radius 1 is 1.22 bits per heavy atom. The van der Waals surface area contributed by atoms with E-state index in [9.17, 15) is 4.79 Å². The van der Waals surface area contributed by atoms with E-state index in [2.05, 4.69) is 15.3 Å². The molecule has 0 radical (unpaired) electrons. The number of rotatable bonds is 4. The number of hydrogen-bond donors (Lipinski definition) is 1. The lowest BCUT2D eigenvalue weighted by Gasteiger charge is -2.03. The number of fused-ring (bicyclic) bond motifs is 1. The maximum absolute atomic E-state index is 12.2. The molecular formula is C17H17N3O2S. The minimum Gasteiger partial charge on any atom is -0.497 e. The van der Waals surface area contributed by atoms with Gasteiger partial charge in [0.1, 0.15) is 5.75 Å². The van der Waals surface area contributed by atoms with Crippen molar-refractivity contribution in [3.63, 3.8) is 0 Å². The summed E-state index contributed by atoms with van der Waals surface area (Å²) in [6.45, 7) is 3.96. The van der Waals surface area contributed by atoms with Gasteiger partial charge in [0.15, 0.2) is 10.8 Å². The number of nitrogens with zero attached hydrogens (tertiary/aromatic N) is 2. The smallest absolute Gasteiger partial charge is 0.230 e. The third-order valence-corrected chi connectivity index (χ3v) is 4.54. The van der Waals surface area contributed by atoms with Crippen LogP contribution in [0.2, 0.25) is 0 Å². The molecule has 0 atom stereocenters. The molecule has 0 saturated heterocycles. The van der Waals surface area contributed by atoms with Crippen LogP contribution in [0, 0.1) is 13.8 Å². The summed E-state index contributed by atoms with van der Waals surface area (Å²) >= 11 is 1.45. The predicted molar refractivity (Wildman–Crippen MR) is 92.2 cm³/mol. The zero-order valence-corrected chi connectivity index (χ0v) is 14.0. The number of benzene rings is 1. The number of hydrogen-bond acceptors (Lipinski definition) is 5. The highest BCUT2D eigenvalue weighted by Gasteiger charge is 2.11. The number of aryl methyl sites for hydroxylation is 2. The van der Waals surface area contributed by atoms with Crippen LogP contribution in [0.25, 0.3) is 10.3 Å². The third kappa shape index (κ3) is 3.48. The van der Waals surface area contributed by atoms with Gasteiger partial charge >= 0.3 is 0 Å². The minimum atomic E-state index is -0.0939. The van der Waals surface area contributed by atoms with Crippen molar-refractivity contribution in [3.05, 3.63) is 47.2 Å². The Bertz CT molecular complexity index is 856. The molecule has 1 amide bonds. The van der Waals surface area contributed by atoms with E-state index in [4.69, 9.17) is 4.74 Å². The van der Waals surface area contributed by atoms with Crippen LogP contribution in [0.1, 0.15) is 16.8 Å². The van der Waals surface area contributed by atoms with Gasteiger partial charge in [-0.1, -0.05) is 23.5 Å². The van der Waals surface area contributed by atoms with Crippen LogP contribution < -0.4 is 10.1 Å². The standard InChI is InChI=1S/C17H17N3O2S/c1-10-8-11(2)18-16-15(10)23-17(20-16)19-14(21)9-12-4-6-13(22-3)7-5-12/h4-8H,9H2,1-3H3,(H,18,19,20,21). The van der Waals surface area contributed by atoms with E-state index in [-0.39, 0.29) is 5.91 Å². The largest absolute Gasteiger partial charge is 0.497 e. The third-order valence-electron chi connectivity index (χ3n) is 3.45. The van der Waals surface area contributed by atoms with E-state index in [1.807, 2.05) is 44.2 Å². The second kappa shape index (κ2) is 6.34. The fourth-order valence-corrected chi connectivity index (χ4v) is 3.26. The van der Waals surface area contributed by atoms with Crippen LogP contribution in [-0.4, -0.2) is 23.0 Å². The molecule has 6 heteroatoms. The monoisotopic (exact) mass is 327 g/mol. The fraction of sp³-hybridized carbons (Fsp3) is 0.235. The minimum absolute atomic E-state index is 0.0939. The Hall–Kier alpha value is -2.47. The first-order chi connectivity index (χ1) is 11.0. The van der Waals surface area contributed by atoms with Crippen LogP contribution >= 0.6 is 11.3 Å². The number of carbonyl (C=O) groups is 1. The van der Waals surface area contributed by atoms with Gasteiger partial charge in [-0.15, -0.1) is 0 Å². The van der Waals surface area contributed by atoms with Gasteiger partial charge in [-0.05, 0) is 43.2 Å². The molecule has 0 unspecified atom stereocenters. The van der Waals surface area contributed by atoms with Crippen molar-refractivity contribution in [2.45, 2.75) is 20.3 Å². The van der Waals surface area contributed by atoms with Gasteiger partial charge in [-0.25, -0.2) is 4.98 Å². The van der Waals surface area contributed by atoms with Gasteiger partial charge in [-0.3, -0.25) is 4.79 Å². The van der Waals surface area contributed by atoms with E-state index in [1.54, 1.807) is 7.11 Å². The Balaban J connectivity index is 1.73. The first kappa shape index (κ1) is 15.4. The molecule has 23 heavy (non-hydrogen) atoms. The summed E-state index contributed by atoms with van der Waals surface area (Å²) in [6.07, 6.45) is 0.297. The van der Waals surface area contributed by atoms with E-state index in [0.29, 0.717) is 17.2 Å². The second-order valence-corrected chi connectivity index (χ2v) is 6.32. The summed E-state index contributed by atoms with van der Waals surface area (Å²) in [5, 5.41) is 3.44. The number of ether oxygens (including phenoxy) is 1. The lowest BCUT2D eigenvalue weighted by molar-refractivity contribution is -0.115. The number of methoxy groups -OCH3 is 1. The molecule has 2 heterocycles. The first-order valence-electron chi connectivity index (χ1n) is 7.22. The summed E-state index contributed by atoms with van der Waals surface area (Å²) in [7, 11) is 1.62. The molecule has 118 valence electrons. The second-order valence-electron chi connectivity index (χ2n) is 5.33. The van der Waals surface area contributed by atoms with E-state index >= 15 is 0 Å². The van der Waals surface area contributed by atoms with Crippen LogP contribution in [0.3, 0.4) is 0 Å². The zero-order chi connectivity index (χ0) is 16.4. The van der Waals surface area contributed by atoms with Crippen LogP contribution in [0.15, 0.2) is 30.3 Å². The molecule has 0 fully saturated rings. The van der Waals surface area contributed by atoms with Crippen molar-refractivity contribution in [1.82, 2.24) is 9.97 Å². The van der Waals surface area contributed by atoms with E-state index in [1.165, 1.54) is 11.3 Å². The maximum Gasteiger partial charge on any atom is 0.230 e. The van der Waals surface area contributed by atoms with Gasteiger partial charge < -0.3 is 10.1 Å². The zero-order valence-electron chi connectivity index (χ0n) is 13.2. The molecule has 0 saturated carbocycles. The van der Waals surface area contributed by atoms with Gasteiger partial charge in [0.05, 0.1) is 18.2 Å². The number of thiazole rings is 1. The van der Waals surface area contributed by atoms with E-state index < -0.39 is 0 Å². The molecule has 0 spiro atoms. The number of carbonyl (C=O) groups excluding carboxylic acids is 1. The number of nitrogens with one attached hydrogen (secondary N) is 1. The quantitative estimate of drug-likeness (QED) is 0.796. The average Bonchev–Trinajstić information content (AvgIpc) is 2.90. The molecule has 1 aromatic carbocycles. The number of aromatic nitrogens is 2. The molecule has 0 aliphatic carbocycles. The topological polar surface area (TPSA) is 64.1 Å². The highest BCUT2D eigenvalue weighted by atomic mass is 32.1. The van der Waals surface area contributed by atoms with Gasteiger partial charge in [0.25, 0.3) is 0 Å². The van der Waals surface area contributed by atoms with Crippen molar-refractivity contribution in [2.24, 2.45) is 0 Å². The fourth-order valence-electron chi connectivity index (χ4n) is 2.37. The number of amides is 1. The normalized spacial score (nSPS) is 10.7. The SMILES string of the molecule is COc1ccc(CC(=O)Nc2nc3nc(C)cc(C)c3s2)cc1. The predicted octanol–water partition coefficient (Wildman–Crippen LogP) is 3.50. The van der Waals surface area contributed by atoms with Crippen LogP contribution in [-0.2, 0) is 11.2 Å². The van der Waals surface area contributed by atoms with Crippen LogP contribution in [0.5, 0.6) is 5.75 Å². The molecule has 0 bridgehead atoms. The molecule has 3 aromatic rings. The van der Waals surface area contributed by atoms with Crippen LogP contribution in [0.4, 0.5) is 5.13 Å². The van der Waals surface area contributed by atoms with Crippen molar-refractivity contribution < 1.29 is 9.53 Å². The Labute approximate surface area is 138 Å². The van der Waals surface area contributed by atoms with Gasteiger partial charge in [0, 0.05) is 5.69 Å². The van der Waals surface area contributed by atoms with Gasteiger partial charge in [-0.2, -0.15) is 4.98 Å². The summed E-state index contributed by atoms with van der Waals surface area (Å²) < 4.78 is 6.12. The van der Waals surface area contributed by atoms with E-state index in [0.717, 1.165) is 27.3 Å².